The summed E-state index contributed by atoms with van der Waals surface area (Å²) in [7, 11) is 0. The largest absolute Gasteiger partial charge is 0.368 e. The second-order valence-electron chi connectivity index (χ2n) is 6.90. The molecule has 2 aliphatic rings. The van der Waals surface area contributed by atoms with Gasteiger partial charge in [0.05, 0.1) is 0 Å². The molecule has 21 heavy (non-hydrogen) atoms. The molecule has 0 spiro atoms. The molecule has 0 amide bonds. The fourth-order valence-electron chi connectivity index (χ4n) is 3.97. The summed E-state index contributed by atoms with van der Waals surface area (Å²) in [5.74, 6) is 0.906. The van der Waals surface area contributed by atoms with Crippen LogP contribution in [0.1, 0.15) is 51.5 Å². The van der Waals surface area contributed by atoms with E-state index in [4.69, 9.17) is 11.6 Å². The summed E-state index contributed by atoms with van der Waals surface area (Å²) in [6.07, 6.45) is 6.94. The van der Waals surface area contributed by atoms with E-state index in [1.54, 1.807) is 0 Å². The minimum Gasteiger partial charge on any atom is -0.368 e. The summed E-state index contributed by atoms with van der Waals surface area (Å²) < 4.78 is 0. The molecule has 0 bridgehead atoms. The number of hydrogen-bond acceptors (Lipinski definition) is 2. The average Bonchev–Trinajstić information content (AvgIpc) is 2.89. The molecule has 3 rings (SSSR count). The van der Waals surface area contributed by atoms with E-state index in [1.165, 1.54) is 49.9 Å². The van der Waals surface area contributed by atoms with Gasteiger partial charge in [-0.15, -0.1) is 0 Å². The minimum absolute atomic E-state index is 0.509. The fourth-order valence-corrected chi connectivity index (χ4v) is 4.14. The maximum Gasteiger partial charge on any atom is 0.0429 e. The standard InChI is InChI=1S/C18H27ClN2/c1-13(2)20-12-15-7-8-16(19)11-18(15)21-10-9-14-5-3-4-6-17(14)21/h7-8,11,13-14,17,20H,3-6,9-10,12H2,1-2H3. The van der Waals surface area contributed by atoms with Gasteiger partial charge >= 0.3 is 0 Å². The molecular weight excluding hydrogens is 280 g/mol. The Morgan fingerprint density at radius 1 is 1.24 bits per heavy atom. The number of benzene rings is 1. The van der Waals surface area contributed by atoms with Crippen LogP contribution in [-0.2, 0) is 6.54 Å². The molecule has 1 saturated carbocycles. The van der Waals surface area contributed by atoms with E-state index < -0.39 is 0 Å². The lowest BCUT2D eigenvalue weighted by Gasteiger charge is -2.34. The van der Waals surface area contributed by atoms with Crippen LogP contribution < -0.4 is 10.2 Å². The molecular formula is C18H27ClN2. The second kappa shape index (κ2) is 6.58. The third-order valence-electron chi connectivity index (χ3n) is 5.07. The van der Waals surface area contributed by atoms with Crippen molar-refractivity contribution >= 4 is 17.3 Å². The van der Waals surface area contributed by atoms with Gasteiger partial charge in [0.2, 0.25) is 0 Å². The first-order chi connectivity index (χ1) is 10.1. The van der Waals surface area contributed by atoms with E-state index in [0.29, 0.717) is 6.04 Å². The molecule has 1 N–H and O–H groups in total. The van der Waals surface area contributed by atoms with Crippen LogP contribution in [-0.4, -0.2) is 18.6 Å². The third kappa shape index (κ3) is 3.37. The summed E-state index contributed by atoms with van der Waals surface area (Å²) in [5, 5.41) is 4.41. The molecule has 1 aliphatic heterocycles. The van der Waals surface area contributed by atoms with Crippen LogP contribution in [0.5, 0.6) is 0 Å². The van der Waals surface area contributed by atoms with Gasteiger partial charge in [-0.3, -0.25) is 0 Å². The van der Waals surface area contributed by atoms with Gasteiger partial charge in [-0.2, -0.15) is 0 Å². The zero-order valence-electron chi connectivity index (χ0n) is 13.2. The van der Waals surface area contributed by atoms with Crippen molar-refractivity contribution in [2.75, 3.05) is 11.4 Å². The minimum atomic E-state index is 0.509. The summed E-state index contributed by atoms with van der Waals surface area (Å²) in [5.41, 5.74) is 2.75. The Bertz CT molecular complexity index is 486. The Morgan fingerprint density at radius 3 is 2.86 bits per heavy atom. The third-order valence-corrected chi connectivity index (χ3v) is 5.30. The van der Waals surface area contributed by atoms with Crippen molar-refractivity contribution in [2.24, 2.45) is 5.92 Å². The molecule has 1 aromatic rings. The first kappa shape index (κ1) is 15.2. The van der Waals surface area contributed by atoms with Gasteiger partial charge < -0.3 is 10.2 Å². The van der Waals surface area contributed by atoms with E-state index in [2.05, 4.69) is 36.2 Å². The quantitative estimate of drug-likeness (QED) is 0.874. The van der Waals surface area contributed by atoms with Crippen molar-refractivity contribution in [3.63, 3.8) is 0 Å². The molecule has 2 fully saturated rings. The van der Waals surface area contributed by atoms with Crippen LogP contribution >= 0.6 is 11.6 Å². The number of halogens is 1. The van der Waals surface area contributed by atoms with Crippen LogP contribution in [0.15, 0.2) is 18.2 Å². The van der Waals surface area contributed by atoms with Crippen LogP contribution in [0, 0.1) is 5.92 Å². The summed E-state index contributed by atoms with van der Waals surface area (Å²) in [6, 6.07) is 7.65. The molecule has 2 nitrogen and oxygen atoms in total. The Morgan fingerprint density at radius 2 is 2.05 bits per heavy atom. The number of nitrogens with zero attached hydrogens (tertiary/aromatic N) is 1. The topological polar surface area (TPSA) is 15.3 Å². The Balaban J connectivity index is 1.84. The number of anilines is 1. The highest BCUT2D eigenvalue weighted by molar-refractivity contribution is 6.30. The van der Waals surface area contributed by atoms with Gasteiger partial charge in [0.25, 0.3) is 0 Å². The molecule has 0 aromatic heterocycles. The Labute approximate surface area is 133 Å². The summed E-state index contributed by atoms with van der Waals surface area (Å²) >= 11 is 6.29. The Kier molecular flexibility index (Phi) is 4.75. The van der Waals surface area contributed by atoms with Gasteiger partial charge in [-0.05, 0) is 42.9 Å². The highest BCUT2D eigenvalue weighted by Gasteiger charge is 2.36. The van der Waals surface area contributed by atoms with Gasteiger partial charge in [0.1, 0.15) is 0 Å². The maximum atomic E-state index is 6.29. The highest BCUT2D eigenvalue weighted by Crippen LogP contribution is 2.40. The molecule has 116 valence electrons. The summed E-state index contributed by atoms with van der Waals surface area (Å²) in [4.78, 5) is 2.65. The van der Waals surface area contributed by atoms with E-state index in [0.717, 1.165) is 23.5 Å². The predicted octanol–water partition coefficient (Wildman–Crippen LogP) is 4.61. The van der Waals surface area contributed by atoms with Crippen molar-refractivity contribution in [3.8, 4) is 0 Å². The lowest BCUT2D eigenvalue weighted by atomic mass is 9.85. The smallest absolute Gasteiger partial charge is 0.0429 e. The lowest BCUT2D eigenvalue weighted by molar-refractivity contribution is 0.342. The number of hydrogen-bond donors (Lipinski definition) is 1. The van der Waals surface area contributed by atoms with E-state index >= 15 is 0 Å². The van der Waals surface area contributed by atoms with Crippen LogP contribution in [0.25, 0.3) is 0 Å². The Hall–Kier alpha value is -0.730. The summed E-state index contributed by atoms with van der Waals surface area (Å²) in [6.45, 7) is 6.52. The zero-order chi connectivity index (χ0) is 14.8. The van der Waals surface area contributed by atoms with Crippen molar-refractivity contribution in [1.29, 1.82) is 0 Å². The zero-order valence-corrected chi connectivity index (χ0v) is 14.0. The maximum absolute atomic E-state index is 6.29. The van der Waals surface area contributed by atoms with Crippen LogP contribution in [0.2, 0.25) is 5.02 Å². The van der Waals surface area contributed by atoms with Gasteiger partial charge in [-0.25, -0.2) is 0 Å². The van der Waals surface area contributed by atoms with Gasteiger partial charge in [0, 0.05) is 35.9 Å². The SMILES string of the molecule is CC(C)NCc1ccc(Cl)cc1N1CCC2CCCCC21. The first-order valence-electron chi connectivity index (χ1n) is 8.43. The molecule has 2 unspecified atom stereocenters. The van der Waals surface area contributed by atoms with Crippen molar-refractivity contribution in [1.82, 2.24) is 5.32 Å². The predicted molar refractivity (Wildman–Crippen MR) is 91.1 cm³/mol. The number of rotatable bonds is 4. The molecule has 1 aromatic carbocycles. The first-order valence-corrected chi connectivity index (χ1v) is 8.81. The van der Waals surface area contributed by atoms with Crippen molar-refractivity contribution in [2.45, 2.75) is 64.6 Å². The van der Waals surface area contributed by atoms with Crippen LogP contribution in [0.4, 0.5) is 5.69 Å². The molecule has 1 saturated heterocycles. The monoisotopic (exact) mass is 306 g/mol. The number of nitrogens with one attached hydrogen (secondary N) is 1. The highest BCUT2D eigenvalue weighted by atomic mass is 35.5. The van der Waals surface area contributed by atoms with Crippen molar-refractivity contribution in [3.05, 3.63) is 28.8 Å². The van der Waals surface area contributed by atoms with Crippen LogP contribution in [0.3, 0.4) is 0 Å². The van der Waals surface area contributed by atoms with Gasteiger partial charge in [-0.1, -0.05) is 44.4 Å². The molecule has 1 heterocycles. The average molecular weight is 307 g/mol. The molecule has 2 atom stereocenters. The normalized spacial score (nSPS) is 25.4. The number of fused-ring (bicyclic) bond motifs is 1. The second-order valence-corrected chi connectivity index (χ2v) is 7.34. The van der Waals surface area contributed by atoms with E-state index in [-0.39, 0.29) is 0 Å². The van der Waals surface area contributed by atoms with E-state index in [1.807, 2.05) is 6.07 Å². The van der Waals surface area contributed by atoms with E-state index in [9.17, 15) is 0 Å². The van der Waals surface area contributed by atoms with Gasteiger partial charge in [0.15, 0.2) is 0 Å². The molecule has 1 aliphatic carbocycles. The molecule has 3 heteroatoms. The lowest BCUT2D eigenvalue weighted by Crippen LogP contribution is -2.35. The van der Waals surface area contributed by atoms with Crippen molar-refractivity contribution < 1.29 is 0 Å². The molecule has 0 radical (unpaired) electrons. The fraction of sp³-hybridized carbons (Fsp3) is 0.667.